The minimum Gasteiger partial charge on any atom is -0.444 e. The van der Waals surface area contributed by atoms with E-state index in [0.29, 0.717) is 29.5 Å². The van der Waals surface area contributed by atoms with E-state index >= 15 is 0 Å². The Labute approximate surface area is 192 Å². The molecular formula is C27H26N2O4. The summed E-state index contributed by atoms with van der Waals surface area (Å²) in [4.78, 5) is 43.0. The smallest absolute Gasteiger partial charge is 0.410 e. The fourth-order valence-electron chi connectivity index (χ4n) is 4.81. The van der Waals surface area contributed by atoms with E-state index in [4.69, 9.17) is 4.74 Å². The van der Waals surface area contributed by atoms with E-state index in [1.165, 1.54) is 4.90 Å². The molecule has 1 unspecified atom stereocenters. The van der Waals surface area contributed by atoms with Crippen molar-refractivity contribution in [3.05, 3.63) is 82.9 Å². The molecular weight excluding hydrogens is 416 g/mol. The lowest BCUT2D eigenvalue weighted by molar-refractivity contribution is 0.00942. The second-order valence-corrected chi connectivity index (χ2v) is 9.57. The van der Waals surface area contributed by atoms with Gasteiger partial charge in [-0.05, 0) is 55.8 Å². The topological polar surface area (TPSA) is 66.9 Å². The van der Waals surface area contributed by atoms with Crippen LogP contribution in [0, 0.1) is 0 Å². The zero-order valence-corrected chi connectivity index (χ0v) is 19.0. The Bertz CT molecular complexity index is 1240. The van der Waals surface area contributed by atoms with Crippen LogP contribution < -0.4 is 0 Å². The molecule has 0 aliphatic carbocycles. The fourth-order valence-corrected chi connectivity index (χ4v) is 4.81. The molecule has 0 aromatic heterocycles. The largest absolute Gasteiger partial charge is 0.444 e. The zero-order valence-electron chi connectivity index (χ0n) is 19.0. The third-order valence-corrected chi connectivity index (χ3v) is 6.25. The standard InChI is InChI=1S/C27H26N2O4/c1-27(2,3)33-26(32)28-15-14-17-8-4-5-11-19(17)22(28)16-29-24(30)20-12-6-9-18-10-7-13-21(23(18)20)25(29)31/h4-13,22H,14-16H2,1-3H3. The average Bonchev–Trinajstić information content (AvgIpc) is 2.78. The molecule has 0 N–H and O–H groups in total. The van der Waals surface area contributed by atoms with Crippen LogP contribution in [0.1, 0.15) is 58.7 Å². The lowest BCUT2D eigenvalue weighted by Gasteiger charge is -2.40. The zero-order chi connectivity index (χ0) is 23.3. The van der Waals surface area contributed by atoms with Gasteiger partial charge in [-0.2, -0.15) is 0 Å². The number of fused-ring (bicyclic) bond motifs is 1. The molecule has 0 spiro atoms. The third kappa shape index (κ3) is 3.65. The van der Waals surface area contributed by atoms with Gasteiger partial charge in [0.1, 0.15) is 5.60 Å². The van der Waals surface area contributed by atoms with Crippen molar-refractivity contribution in [3.8, 4) is 0 Å². The number of carbonyl (C=O) groups excluding carboxylic acids is 3. The van der Waals surface area contributed by atoms with E-state index < -0.39 is 17.7 Å². The van der Waals surface area contributed by atoms with Gasteiger partial charge in [0.25, 0.3) is 11.8 Å². The van der Waals surface area contributed by atoms with Gasteiger partial charge >= 0.3 is 6.09 Å². The summed E-state index contributed by atoms with van der Waals surface area (Å²) < 4.78 is 5.67. The molecule has 1 atom stereocenters. The van der Waals surface area contributed by atoms with Crippen molar-refractivity contribution in [2.45, 2.75) is 38.8 Å². The number of rotatable bonds is 2. The molecule has 5 rings (SSSR count). The van der Waals surface area contributed by atoms with E-state index in [1.807, 2.05) is 69.3 Å². The first-order valence-corrected chi connectivity index (χ1v) is 11.2. The van der Waals surface area contributed by atoms with Crippen molar-refractivity contribution >= 4 is 28.7 Å². The normalized spacial score (nSPS) is 17.8. The molecule has 3 aromatic rings. The highest BCUT2D eigenvalue weighted by Crippen LogP contribution is 2.35. The molecule has 6 nitrogen and oxygen atoms in total. The molecule has 2 heterocycles. The summed E-state index contributed by atoms with van der Waals surface area (Å²) in [5.41, 5.74) is 2.42. The van der Waals surface area contributed by atoms with Crippen molar-refractivity contribution in [2.75, 3.05) is 13.1 Å². The number of nitrogens with zero attached hydrogens (tertiary/aromatic N) is 2. The number of ether oxygens (including phenoxy) is 1. The molecule has 6 heteroatoms. The molecule has 3 aromatic carbocycles. The Morgan fingerprint density at radius 2 is 1.58 bits per heavy atom. The summed E-state index contributed by atoms with van der Waals surface area (Å²) in [6.45, 7) is 6.00. The predicted octanol–water partition coefficient (Wildman–Crippen LogP) is 4.97. The quantitative estimate of drug-likeness (QED) is 0.526. The number of hydrogen-bond acceptors (Lipinski definition) is 4. The van der Waals surface area contributed by atoms with Crippen molar-refractivity contribution in [1.29, 1.82) is 0 Å². The molecule has 0 radical (unpaired) electrons. The summed E-state index contributed by atoms with van der Waals surface area (Å²) in [5.74, 6) is -0.673. The maximum atomic E-state index is 13.5. The van der Waals surface area contributed by atoms with Gasteiger partial charge in [0.05, 0.1) is 12.6 Å². The van der Waals surface area contributed by atoms with E-state index in [2.05, 4.69) is 0 Å². The maximum absolute atomic E-state index is 13.5. The number of imide groups is 1. The van der Waals surface area contributed by atoms with Crippen molar-refractivity contribution < 1.29 is 19.1 Å². The van der Waals surface area contributed by atoms with Crippen LogP contribution in [0.25, 0.3) is 10.8 Å². The molecule has 33 heavy (non-hydrogen) atoms. The first-order chi connectivity index (χ1) is 15.7. The predicted molar refractivity (Wildman–Crippen MR) is 125 cm³/mol. The summed E-state index contributed by atoms with van der Waals surface area (Å²) in [7, 11) is 0. The molecule has 0 fully saturated rings. The molecule has 0 saturated carbocycles. The lowest BCUT2D eigenvalue weighted by Crippen LogP contribution is -2.50. The first kappa shape index (κ1) is 21.2. The van der Waals surface area contributed by atoms with E-state index in [1.54, 1.807) is 17.0 Å². The number of carbonyl (C=O) groups is 3. The van der Waals surface area contributed by atoms with Gasteiger partial charge in [-0.25, -0.2) is 4.79 Å². The van der Waals surface area contributed by atoms with Crippen molar-refractivity contribution in [3.63, 3.8) is 0 Å². The highest BCUT2D eigenvalue weighted by Gasteiger charge is 2.39. The van der Waals surface area contributed by atoms with Crippen LogP contribution in [-0.2, 0) is 11.2 Å². The average molecular weight is 443 g/mol. The van der Waals surface area contributed by atoms with E-state index in [9.17, 15) is 14.4 Å². The van der Waals surface area contributed by atoms with Crippen molar-refractivity contribution in [2.24, 2.45) is 0 Å². The number of benzene rings is 3. The second-order valence-electron chi connectivity index (χ2n) is 9.57. The Kier molecular flexibility index (Phi) is 4.96. The highest BCUT2D eigenvalue weighted by molar-refractivity contribution is 6.25. The number of amides is 3. The Hall–Kier alpha value is -3.67. The maximum Gasteiger partial charge on any atom is 0.410 e. The van der Waals surface area contributed by atoms with Crippen LogP contribution in [0.2, 0.25) is 0 Å². The summed E-state index contributed by atoms with van der Waals surface area (Å²) >= 11 is 0. The van der Waals surface area contributed by atoms with Gasteiger partial charge in [-0.15, -0.1) is 0 Å². The highest BCUT2D eigenvalue weighted by atomic mass is 16.6. The van der Waals surface area contributed by atoms with Gasteiger partial charge in [0, 0.05) is 23.1 Å². The van der Waals surface area contributed by atoms with Gasteiger partial charge < -0.3 is 4.74 Å². The fraction of sp³-hybridized carbons (Fsp3) is 0.296. The molecule has 0 bridgehead atoms. The van der Waals surface area contributed by atoms with Gasteiger partial charge in [-0.1, -0.05) is 48.5 Å². The number of hydrogen-bond donors (Lipinski definition) is 0. The molecule has 0 saturated heterocycles. The molecule has 168 valence electrons. The monoisotopic (exact) mass is 442 g/mol. The minimum absolute atomic E-state index is 0.0681. The molecule has 2 aliphatic heterocycles. The molecule has 3 amide bonds. The second kappa shape index (κ2) is 7.73. The minimum atomic E-state index is -0.649. The van der Waals surface area contributed by atoms with Gasteiger partial charge in [0.2, 0.25) is 0 Å². The Morgan fingerprint density at radius 3 is 2.21 bits per heavy atom. The van der Waals surface area contributed by atoms with Crippen LogP contribution >= 0.6 is 0 Å². The van der Waals surface area contributed by atoms with E-state index in [-0.39, 0.29) is 18.4 Å². The SMILES string of the molecule is CC(C)(C)OC(=O)N1CCc2ccccc2C1CN1C(=O)c2cccc3cccc(c23)C1=O. The van der Waals surface area contributed by atoms with Crippen LogP contribution in [-0.4, -0.2) is 46.4 Å². The molecule has 2 aliphatic rings. The van der Waals surface area contributed by atoms with E-state index in [0.717, 1.165) is 16.5 Å². The van der Waals surface area contributed by atoms with Crippen LogP contribution in [0.15, 0.2) is 60.7 Å². The van der Waals surface area contributed by atoms with Gasteiger partial charge in [-0.3, -0.25) is 19.4 Å². The van der Waals surface area contributed by atoms with Crippen LogP contribution in [0.5, 0.6) is 0 Å². The Morgan fingerprint density at radius 1 is 0.939 bits per heavy atom. The summed E-state index contributed by atoms with van der Waals surface area (Å²) in [6.07, 6.45) is 0.247. The third-order valence-electron chi connectivity index (χ3n) is 6.25. The van der Waals surface area contributed by atoms with Gasteiger partial charge in [0.15, 0.2) is 0 Å². The summed E-state index contributed by atoms with van der Waals surface area (Å²) in [5, 5.41) is 1.56. The van der Waals surface area contributed by atoms with Crippen LogP contribution in [0.4, 0.5) is 4.79 Å². The van der Waals surface area contributed by atoms with Crippen molar-refractivity contribution in [1.82, 2.24) is 9.80 Å². The Balaban J connectivity index is 1.55. The lowest BCUT2D eigenvalue weighted by atomic mass is 9.90. The first-order valence-electron chi connectivity index (χ1n) is 11.2. The summed E-state index contributed by atoms with van der Waals surface area (Å²) in [6, 6.07) is 18.4. The van der Waals surface area contributed by atoms with Crippen LogP contribution in [0.3, 0.4) is 0 Å².